The van der Waals surface area contributed by atoms with Gasteiger partial charge in [0.25, 0.3) is 0 Å². The average Bonchev–Trinajstić information content (AvgIpc) is 2.60. The fourth-order valence-electron chi connectivity index (χ4n) is 2.00. The summed E-state index contributed by atoms with van der Waals surface area (Å²) in [5, 5.41) is 9.84. The normalized spacial score (nSPS) is 11.1. The Morgan fingerprint density at radius 1 is 1.04 bits per heavy atom. The summed E-state index contributed by atoms with van der Waals surface area (Å²) in [6.07, 6.45) is 6.19. The lowest BCUT2D eigenvalue weighted by atomic mass is 10.1. The molecule has 2 aromatic carbocycles. The van der Waals surface area contributed by atoms with Crippen molar-refractivity contribution in [3.05, 3.63) is 64.7 Å². The summed E-state index contributed by atoms with van der Waals surface area (Å²) in [4.78, 5) is 11.9. The highest BCUT2D eigenvalue weighted by Crippen LogP contribution is 2.35. The van der Waals surface area contributed by atoms with Crippen LogP contribution >= 0.6 is 11.6 Å². The molecule has 0 spiro atoms. The zero-order chi connectivity index (χ0) is 17.5. The van der Waals surface area contributed by atoms with Gasteiger partial charge in [0.15, 0.2) is 17.3 Å². The minimum Gasteiger partial charge on any atom is -0.503 e. The Morgan fingerprint density at radius 3 is 2.42 bits per heavy atom. The fourth-order valence-corrected chi connectivity index (χ4v) is 2.22. The second kappa shape index (κ2) is 8.22. The molecular weight excluding hydrogens is 328 g/mol. The van der Waals surface area contributed by atoms with Crippen molar-refractivity contribution in [3.8, 4) is 17.2 Å². The monoisotopic (exact) mass is 344 g/mol. The van der Waals surface area contributed by atoms with Crippen LogP contribution < -0.4 is 9.47 Å². The standard InChI is InChI=1S/C19H17ClO4/c1-23-16-5-3-4-13(10-16)6-8-15(21)9-7-14-11-17(20)19(22)18(12-14)24-2/h3-12,22H,1-2H3/b8-6+,9-7+. The third-order valence-electron chi connectivity index (χ3n) is 3.24. The van der Waals surface area contributed by atoms with Crippen LogP contribution in [0.2, 0.25) is 5.02 Å². The van der Waals surface area contributed by atoms with E-state index in [2.05, 4.69) is 0 Å². The van der Waals surface area contributed by atoms with Crippen molar-refractivity contribution in [3.63, 3.8) is 0 Å². The van der Waals surface area contributed by atoms with Gasteiger partial charge in [-0.3, -0.25) is 4.79 Å². The smallest absolute Gasteiger partial charge is 0.178 e. The van der Waals surface area contributed by atoms with E-state index < -0.39 is 0 Å². The fraction of sp³-hybridized carbons (Fsp3) is 0.105. The van der Waals surface area contributed by atoms with Gasteiger partial charge in [0, 0.05) is 0 Å². The van der Waals surface area contributed by atoms with Crippen LogP contribution in [-0.4, -0.2) is 25.1 Å². The van der Waals surface area contributed by atoms with E-state index >= 15 is 0 Å². The van der Waals surface area contributed by atoms with Crippen LogP contribution in [0.4, 0.5) is 0 Å². The third kappa shape index (κ3) is 4.64. The SMILES string of the molecule is COc1cccc(/C=C/C(=O)/C=C/c2cc(Cl)c(O)c(OC)c2)c1. The molecule has 1 N–H and O–H groups in total. The summed E-state index contributed by atoms with van der Waals surface area (Å²) in [6.45, 7) is 0. The quantitative estimate of drug-likeness (QED) is 0.791. The second-order valence-corrected chi connectivity index (χ2v) is 5.31. The number of ketones is 1. The van der Waals surface area contributed by atoms with E-state index in [1.165, 1.54) is 19.3 Å². The van der Waals surface area contributed by atoms with Gasteiger partial charge >= 0.3 is 0 Å². The lowest BCUT2D eigenvalue weighted by molar-refractivity contribution is -0.110. The van der Waals surface area contributed by atoms with E-state index in [0.717, 1.165) is 11.3 Å². The second-order valence-electron chi connectivity index (χ2n) is 4.90. The van der Waals surface area contributed by atoms with Crippen LogP contribution in [0.15, 0.2) is 48.6 Å². The molecule has 0 bridgehead atoms. The highest BCUT2D eigenvalue weighted by Gasteiger charge is 2.07. The van der Waals surface area contributed by atoms with Gasteiger partial charge in [-0.15, -0.1) is 0 Å². The summed E-state index contributed by atoms with van der Waals surface area (Å²) in [7, 11) is 3.02. The first-order valence-electron chi connectivity index (χ1n) is 7.14. The molecule has 124 valence electrons. The van der Waals surface area contributed by atoms with E-state index in [9.17, 15) is 9.90 Å². The van der Waals surface area contributed by atoms with Gasteiger partial charge in [-0.2, -0.15) is 0 Å². The molecule has 24 heavy (non-hydrogen) atoms. The highest BCUT2D eigenvalue weighted by atomic mass is 35.5. The molecule has 0 heterocycles. The molecule has 0 aliphatic rings. The first-order chi connectivity index (χ1) is 11.5. The molecule has 0 saturated carbocycles. The Labute approximate surface area is 145 Å². The molecule has 2 rings (SSSR count). The zero-order valence-electron chi connectivity index (χ0n) is 13.3. The maximum Gasteiger partial charge on any atom is 0.178 e. The number of aromatic hydroxyl groups is 1. The van der Waals surface area contributed by atoms with Crippen LogP contribution in [0.5, 0.6) is 17.2 Å². The summed E-state index contributed by atoms with van der Waals surface area (Å²) in [5.41, 5.74) is 1.52. The van der Waals surface area contributed by atoms with E-state index in [1.54, 1.807) is 31.4 Å². The van der Waals surface area contributed by atoms with Gasteiger partial charge in [-0.05, 0) is 47.5 Å². The number of carbonyl (C=O) groups is 1. The Kier molecular flexibility index (Phi) is 6.04. The molecule has 0 radical (unpaired) electrons. The van der Waals surface area contributed by atoms with Crippen molar-refractivity contribution in [2.45, 2.75) is 0 Å². The van der Waals surface area contributed by atoms with Gasteiger partial charge in [0.05, 0.1) is 19.2 Å². The minimum atomic E-state index is -0.180. The maximum absolute atomic E-state index is 11.9. The number of benzene rings is 2. The van der Waals surface area contributed by atoms with Crippen molar-refractivity contribution in [2.75, 3.05) is 14.2 Å². The van der Waals surface area contributed by atoms with E-state index in [4.69, 9.17) is 21.1 Å². The van der Waals surface area contributed by atoms with Crippen LogP contribution in [0.1, 0.15) is 11.1 Å². The lowest BCUT2D eigenvalue weighted by Crippen LogP contribution is -1.88. The molecule has 4 nitrogen and oxygen atoms in total. The molecule has 0 atom stereocenters. The van der Waals surface area contributed by atoms with E-state index in [-0.39, 0.29) is 22.3 Å². The molecule has 0 aliphatic heterocycles. The Balaban J connectivity index is 2.10. The number of carbonyl (C=O) groups excluding carboxylic acids is 1. The molecule has 0 aliphatic carbocycles. The molecule has 5 heteroatoms. The van der Waals surface area contributed by atoms with Crippen molar-refractivity contribution >= 4 is 29.5 Å². The molecule has 0 fully saturated rings. The van der Waals surface area contributed by atoms with Gasteiger partial charge in [0.2, 0.25) is 0 Å². The van der Waals surface area contributed by atoms with Gasteiger partial charge in [0.1, 0.15) is 5.75 Å². The van der Waals surface area contributed by atoms with Crippen LogP contribution in [0.25, 0.3) is 12.2 Å². The predicted octanol–water partition coefficient (Wildman–Crippen LogP) is 4.36. The Bertz CT molecular complexity index is 794. The lowest BCUT2D eigenvalue weighted by Gasteiger charge is -2.06. The molecule has 0 saturated heterocycles. The van der Waals surface area contributed by atoms with Crippen LogP contribution in [-0.2, 0) is 4.79 Å². The van der Waals surface area contributed by atoms with Gasteiger partial charge in [-0.1, -0.05) is 35.9 Å². The van der Waals surface area contributed by atoms with Crippen molar-refractivity contribution in [1.29, 1.82) is 0 Å². The van der Waals surface area contributed by atoms with Crippen molar-refractivity contribution in [1.82, 2.24) is 0 Å². The number of halogens is 1. The van der Waals surface area contributed by atoms with E-state index in [0.29, 0.717) is 5.56 Å². The summed E-state index contributed by atoms with van der Waals surface area (Å²) in [6, 6.07) is 10.5. The molecule has 0 unspecified atom stereocenters. The number of allylic oxidation sites excluding steroid dienone is 2. The number of phenolic OH excluding ortho intramolecular Hbond substituents is 1. The molecule has 2 aromatic rings. The summed E-state index contributed by atoms with van der Waals surface area (Å²) < 4.78 is 10.2. The van der Waals surface area contributed by atoms with Crippen molar-refractivity contribution < 1.29 is 19.4 Å². The Morgan fingerprint density at radius 2 is 1.75 bits per heavy atom. The molecule has 0 amide bonds. The van der Waals surface area contributed by atoms with E-state index in [1.807, 2.05) is 24.3 Å². The largest absolute Gasteiger partial charge is 0.503 e. The summed E-state index contributed by atoms with van der Waals surface area (Å²) >= 11 is 5.91. The zero-order valence-corrected chi connectivity index (χ0v) is 14.1. The molecule has 0 aromatic heterocycles. The van der Waals surface area contributed by atoms with Crippen LogP contribution in [0, 0.1) is 0 Å². The third-order valence-corrected chi connectivity index (χ3v) is 3.53. The summed E-state index contributed by atoms with van der Waals surface area (Å²) in [5.74, 6) is 0.675. The van der Waals surface area contributed by atoms with Crippen LogP contribution in [0.3, 0.4) is 0 Å². The highest BCUT2D eigenvalue weighted by molar-refractivity contribution is 6.32. The predicted molar refractivity (Wildman–Crippen MR) is 95.7 cm³/mol. The first kappa shape index (κ1) is 17.6. The first-order valence-corrected chi connectivity index (χ1v) is 7.52. The number of methoxy groups -OCH3 is 2. The number of hydrogen-bond acceptors (Lipinski definition) is 4. The number of phenols is 1. The molecular formula is C19H17ClO4. The minimum absolute atomic E-state index is 0.124. The number of rotatable bonds is 6. The van der Waals surface area contributed by atoms with Gasteiger partial charge < -0.3 is 14.6 Å². The average molecular weight is 345 g/mol. The van der Waals surface area contributed by atoms with Crippen molar-refractivity contribution in [2.24, 2.45) is 0 Å². The topological polar surface area (TPSA) is 55.8 Å². The Hall–Kier alpha value is -2.72. The number of ether oxygens (including phenoxy) is 2. The number of hydrogen-bond donors (Lipinski definition) is 1. The maximum atomic E-state index is 11.9. The van der Waals surface area contributed by atoms with Gasteiger partial charge in [-0.25, -0.2) is 0 Å².